The second kappa shape index (κ2) is 10.3. The summed E-state index contributed by atoms with van der Waals surface area (Å²) in [5.74, 6) is -0.355. The number of aromatic nitrogens is 2. The van der Waals surface area contributed by atoms with E-state index >= 15 is 0 Å². The molecule has 1 aliphatic heterocycles. The van der Waals surface area contributed by atoms with E-state index in [9.17, 15) is 9.59 Å². The molecule has 3 rings (SSSR count). The van der Waals surface area contributed by atoms with E-state index in [1.54, 1.807) is 0 Å². The number of anilines is 1. The highest BCUT2D eigenvalue weighted by molar-refractivity contribution is 8.01. The Balaban J connectivity index is 1.35. The summed E-state index contributed by atoms with van der Waals surface area (Å²) in [5.41, 5.74) is 0. The third-order valence-electron chi connectivity index (χ3n) is 5.13. The van der Waals surface area contributed by atoms with Crippen molar-refractivity contribution in [3.05, 3.63) is 0 Å². The van der Waals surface area contributed by atoms with Crippen LogP contribution in [-0.2, 0) is 14.3 Å². The second-order valence-electron chi connectivity index (χ2n) is 7.23. The quantitative estimate of drug-likeness (QED) is 0.543. The van der Waals surface area contributed by atoms with Gasteiger partial charge in [0, 0.05) is 18.6 Å². The Morgan fingerprint density at radius 2 is 1.96 bits per heavy atom. The average Bonchev–Trinajstić information content (AvgIpc) is 3.13. The van der Waals surface area contributed by atoms with Crippen LogP contribution in [0.3, 0.4) is 0 Å². The monoisotopic (exact) mass is 412 g/mol. The van der Waals surface area contributed by atoms with E-state index in [2.05, 4.69) is 15.5 Å². The summed E-state index contributed by atoms with van der Waals surface area (Å²) in [6.45, 7) is 2.63. The first-order chi connectivity index (χ1) is 13.1. The van der Waals surface area contributed by atoms with Crippen molar-refractivity contribution in [1.29, 1.82) is 0 Å². The van der Waals surface area contributed by atoms with Gasteiger partial charge in [0.2, 0.25) is 5.13 Å². The number of thioether (sulfide) groups is 1. The molecule has 1 aromatic rings. The molecule has 1 aliphatic carbocycles. The summed E-state index contributed by atoms with van der Waals surface area (Å²) in [7, 11) is 0. The van der Waals surface area contributed by atoms with Crippen LogP contribution < -0.4 is 5.32 Å². The van der Waals surface area contributed by atoms with Crippen molar-refractivity contribution in [3.63, 3.8) is 0 Å². The molecule has 1 saturated carbocycles. The van der Waals surface area contributed by atoms with Crippen molar-refractivity contribution in [3.8, 4) is 0 Å². The molecule has 0 spiro atoms. The van der Waals surface area contributed by atoms with E-state index < -0.39 is 5.97 Å². The van der Waals surface area contributed by atoms with E-state index in [0.29, 0.717) is 6.04 Å². The maximum Gasteiger partial charge on any atom is 0.316 e. The third-order valence-corrected chi connectivity index (χ3v) is 7.09. The fraction of sp³-hybridized carbons (Fsp3) is 0.778. The van der Waals surface area contributed by atoms with Gasteiger partial charge in [-0.1, -0.05) is 42.4 Å². The molecule has 0 radical (unpaired) electrons. The second-order valence-corrected chi connectivity index (χ2v) is 9.43. The van der Waals surface area contributed by atoms with Gasteiger partial charge in [0.1, 0.15) is 0 Å². The van der Waals surface area contributed by atoms with Crippen molar-refractivity contribution >= 4 is 40.1 Å². The Kier molecular flexibility index (Phi) is 7.75. The molecule has 1 saturated heterocycles. The van der Waals surface area contributed by atoms with E-state index in [4.69, 9.17) is 4.74 Å². The van der Waals surface area contributed by atoms with Crippen LogP contribution in [0, 0.1) is 0 Å². The van der Waals surface area contributed by atoms with Gasteiger partial charge in [-0.15, -0.1) is 10.2 Å². The van der Waals surface area contributed by atoms with Crippen molar-refractivity contribution < 1.29 is 14.3 Å². The van der Waals surface area contributed by atoms with Gasteiger partial charge in [0.25, 0.3) is 5.91 Å². The van der Waals surface area contributed by atoms with E-state index in [0.717, 1.165) is 35.3 Å². The van der Waals surface area contributed by atoms with Crippen LogP contribution in [0.1, 0.15) is 58.3 Å². The highest BCUT2D eigenvalue weighted by Crippen LogP contribution is 2.28. The summed E-state index contributed by atoms with van der Waals surface area (Å²) < 4.78 is 5.88. The predicted molar refractivity (Wildman–Crippen MR) is 107 cm³/mol. The Bertz CT molecular complexity index is 634. The van der Waals surface area contributed by atoms with Crippen molar-refractivity contribution in [2.45, 2.75) is 74.7 Å². The zero-order chi connectivity index (χ0) is 19.1. The smallest absolute Gasteiger partial charge is 0.316 e. The number of amides is 1. The van der Waals surface area contributed by atoms with Crippen LogP contribution in [-0.4, -0.2) is 58.0 Å². The molecule has 1 amide bonds. The van der Waals surface area contributed by atoms with Gasteiger partial charge in [-0.05, 0) is 39.0 Å². The molecule has 1 atom stereocenters. The Labute approximate surface area is 168 Å². The topological polar surface area (TPSA) is 84.4 Å². The molecule has 2 heterocycles. The number of rotatable bonds is 7. The highest BCUT2D eigenvalue weighted by Gasteiger charge is 2.24. The lowest BCUT2D eigenvalue weighted by molar-refractivity contribution is -0.151. The number of nitrogens with zero attached hydrogens (tertiary/aromatic N) is 3. The largest absolute Gasteiger partial charge is 0.455 e. The Morgan fingerprint density at radius 1 is 1.19 bits per heavy atom. The van der Waals surface area contributed by atoms with E-state index in [-0.39, 0.29) is 24.3 Å². The molecular weight excluding hydrogens is 384 g/mol. The molecule has 0 unspecified atom stereocenters. The van der Waals surface area contributed by atoms with Crippen LogP contribution >= 0.6 is 23.1 Å². The minimum atomic E-state index is -0.394. The zero-order valence-corrected chi connectivity index (χ0v) is 17.4. The average molecular weight is 413 g/mol. The molecule has 2 fully saturated rings. The molecule has 9 heteroatoms. The normalized spacial score (nSPS) is 21.1. The standard InChI is InChI=1S/C18H28N4O3S2/c1-13-7-5-6-10-22(13)15(23)11-25-16(24)12-26-18-21-20-17(27-18)19-14-8-3-2-4-9-14/h13-14H,2-12H2,1H3,(H,19,20)/t13-/m1/s1. The van der Waals surface area contributed by atoms with Gasteiger partial charge >= 0.3 is 5.97 Å². The van der Waals surface area contributed by atoms with Crippen LogP contribution in [0.25, 0.3) is 0 Å². The first-order valence-corrected chi connectivity index (χ1v) is 11.6. The van der Waals surface area contributed by atoms with Crippen LogP contribution in [0.2, 0.25) is 0 Å². The van der Waals surface area contributed by atoms with Crippen LogP contribution in [0.15, 0.2) is 4.34 Å². The predicted octanol–water partition coefficient (Wildman–Crippen LogP) is 3.32. The third kappa shape index (κ3) is 6.34. The summed E-state index contributed by atoms with van der Waals surface area (Å²) in [6, 6.07) is 0.716. The SMILES string of the molecule is C[C@@H]1CCCCN1C(=O)COC(=O)CSc1nnc(NC2CCCCC2)s1. The summed E-state index contributed by atoms with van der Waals surface area (Å²) in [4.78, 5) is 25.9. The van der Waals surface area contributed by atoms with Crippen LogP contribution in [0.4, 0.5) is 5.13 Å². The fourth-order valence-corrected chi connectivity index (χ4v) is 5.23. The maximum absolute atomic E-state index is 12.2. The number of hydrogen-bond donors (Lipinski definition) is 1. The van der Waals surface area contributed by atoms with E-state index in [1.807, 2.05) is 11.8 Å². The number of hydrogen-bond acceptors (Lipinski definition) is 8. The molecule has 1 N–H and O–H groups in total. The molecule has 150 valence electrons. The lowest BCUT2D eigenvalue weighted by Gasteiger charge is -2.33. The van der Waals surface area contributed by atoms with E-state index in [1.165, 1.54) is 55.2 Å². The van der Waals surface area contributed by atoms with Gasteiger partial charge < -0.3 is 15.0 Å². The van der Waals surface area contributed by atoms with Crippen LogP contribution in [0.5, 0.6) is 0 Å². The van der Waals surface area contributed by atoms with Gasteiger partial charge in [0.05, 0.1) is 5.75 Å². The summed E-state index contributed by atoms with van der Waals surface area (Å²) >= 11 is 2.77. The molecule has 0 aromatic carbocycles. The zero-order valence-electron chi connectivity index (χ0n) is 15.8. The molecular formula is C18H28N4O3S2. The van der Waals surface area contributed by atoms with Gasteiger partial charge in [-0.2, -0.15) is 0 Å². The molecule has 7 nitrogen and oxygen atoms in total. The van der Waals surface area contributed by atoms with Gasteiger partial charge in [-0.3, -0.25) is 9.59 Å². The number of nitrogens with one attached hydrogen (secondary N) is 1. The number of likely N-dealkylation sites (tertiary alicyclic amines) is 1. The first-order valence-electron chi connectivity index (χ1n) is 9.80. The lowest BCUT2D eigenvalue weighted by Crippen LogP contribution is -2.44. The molecule has 0 bridgehead atoms. The lowest BCUT2D eigenvalue weighted by atomic mass is 9.96. The molecule has 1 aromatic heterocycles. The van der Waals surface area contributed by atoms with Gasteiger partial charge in [-0.25, -0.2) is 0 Å². The van der Waals surface area contributed by atoms with Crippen molar-refractivity contribution in [2.75, 3.05) is 24.2 Å². The minimum absolute atomic E-state index is 0.101. The fourth-order valence-electron chi connectivity index (χ4n) is 3.60. The van der Waals surface area contributed by atoms with Crippen molar-refractivity contribution in [1.82, 2.24) is 15.1 Å². The minimum Gasteiger partial charge on any atom is -0.455 e. The molecule has 27 heavy (non-hydrogen) atoms. The number of esters is 1. The number of ether oxygens (including phenoxy) is 1. The molecule has 2 aliphatic rings. The number of carbonyl (C=O) groups excluding carboxylic acids is 2. The number of carbonyl (C=O) groups is 2. The summed E-state index contributed by atoms with van der Waals surface area (Å²) in [5, 5.41) is 12.5. The Morgan fingerprint density at radius 3 is 2.74 bits per heavy atom. The highest BCUT2D eigenvalue weighted by atomic mass is 32.2. The van der Waals surface area contributed by atoms with Crippen molar-refractivity contribution in [2.24, 2.45) is 0 Å². The Hall–Kier alpha value is -1.35. The number of piperidine rings is 1. The summed E-state index contributed by atoms with van der Waals surface area (Å²) in [6.07, 6.45) is 9.39. The first kappa shape index (κ1) is 20.4. The maximum atomic E-state index is 12.2. The van der Waals surface area contributed by atoms with Gasteiger partial charge in [0.15, 0.2) is 10.9 Å².